The van der Waals surface area contributed by atoms with E-state index in [9.17, 15) is 15.0 Å². The topological polar surface area (TPSA) is 75.3 Å². The first-order valence-corrected chi connectivity index (χ1v) is 6.86. The van der Waals surface area contributed by atoms with E-state index in [-0.39, 0.29) is 11.4 Å². The van der Waals surface area contributed by atoms with Gasteiger partial charge in [-0.2, -0.15) is 0 Å². The van der Waals surface area contributed by atoms with E-state index >= 15 is 0 Å². The lowest BCUT2D eigenvalue weighted by Gasteiger charge is -2.06. The third-order valence-electron chi connectivity index (χ3n) is 2.87. The lowest BCUT2D eigenvalue weighted by molar-refractivity contribution is 0.0689. The number of nitrogens with zero attached hydrogens (tertiary/aromatic N) is 2. The molecule has 0 saturated heterocycles. The standard InChI is InChI=1S/C13H14N2O3S/c1-15-10(7-8-3-5-9(16)6-4-8)11(12(17)18)14-13(15)19-2/h3-6,16H,7H2,1-2H3,(H,17,18). The number of hydrogen-bond acceptors (Lipinski definition) is 4. The second kappa shape index (κ2) is 5.36. The molecular formula is C13H14N2O3S. The lowest BCUT2D eigenvalue weighted by Crippen LogP contribution is -2.06. The average Bonchev–Trinajstić information content (AvgIpc) is 2.70. The SMILES string of the molecule is CSc1nc(C(=O)O)c(Cc2ccc(O)cc2)n1C. The Morgan fingerprint density at radius 3 is 2.53 bits per heavy atom. The van der Waals surface area contributed by atoms with Crippen molar-refractivity contribution in [1.82, 2.24) is 9.55 Å². The Morgan fingerprint density at radius 2 is 2.00 bits per heavy atom. The third kappa shape index (κ3) is 2.73. The van der Waals surface area contributed by atoms with Crippen LogP contribution in [0, 0.1) is 0 Å². The Morgan fingerprint density at radius 1 is 1.37 bits per heavy atom. The number of phenols is 1. The third-order valence-corrected chi connectivity index (χ3v) is 3.60. The van der Waals surface area contributed by atoms with Crippen LogP contribution < -0.4 is 0 Å². The summed E-state index contributed by atoms with van der Waals surface area (Å²) in [6, 6.07) is 6.71. The van der Waals surface area contributed by atoms with Gasteiger partial charge in [-0.1, -0.05) is 23.9 Å². The van der Waals surface area contributed by atoms with Gasteiger partial charge >= 0.3 is 5.97 Å². The van der Waals surface area contributed by atoms with E-state index in [1.807, 2.05) is 6.26 Å². The number of carboxylic acid groups (broad SMARTS) is 1. The maximum absolute atomic E-state index is 11.2. The van der Waals surface area contributed by atoms with Crippen LogP contribution in [0.5, 0.6) is 5.75 Å². The molecule has 0 aliphatic rings. The number of benzene rings is 1. The quantitative estimate of drug-likeness (QED) is 0.838. The maximum atomic E-state index is 11.2. The van der Waals surface area contributed by atoms with Crippen LogP contribution in [-0.2, 0) is 13.5 Å². The molecule has 19 heavy (non-hydrogen) atoms. The molecule has 0 spiro atoms. The van der Waals surface area contributed by atoms with Crippen LogP contribution in [0.25, 0.3) is 0 Å². The first kappa shape index (κ1) is 13.5. The average molecular weight is 278 g/mol. The second-order valence-corrected chi connectivity index (χ2v) is 4.87. The van der Waals surface area contributed by atoms with Gasteiger partial charge in [0.1, 0.15) is 5.75 Å². The fourth-order valence-electron chi connectivity index (χ4n) is 1.87. The van der Waals surface area contributed by atoms with E-state index in [0.29, 0.717) is 17.3 Å². The summed E-state index contributed by atoms with van der Waals surface area (Å²) >= 11 is 1.41. The zero-order chi connectivity index (χ0) is 14.0. The number of rotatable bonds is 4. The highest BCUT2D eigenvalue weighted by Gasteiger charge is 2.19. The number of phenolic OH excluding ortho intramolecular Hbond substituents is 1. The van der Waals surface area contributed by atoms with Gasteiger partial charge in [0.05, 0.1) is 5.69 Å². The van der Waals surface area contributed by atoms with E-state index in [4.69, 9.17) is 0 Å². The molecule has 2 aromatic rings. The molecule has 6 heteroatoms. The summed E-state index contributed by atoms with van der Waals surface area (Å²) in [6.45, 7) is 0. The summed E-state index contributed by atoms with van der Waals surface area (Å²) in [5.74, 6) is -0.832. The van der Waals surface area contributed by atoms with Crippen molar-refractivity contribution < 1.29 is 15.0 Å². The van der Waals surface area contributed by atoms with Crippen LogP contribution in [0.1, 0.15) is 21.7 Å². The fraction of sp³-hybridized carbons (Fsp3) is 0.231. The molecule has 100 valence electrons. The number of carbonyl (C=O) groups is 1. The van der Waals surface area contributed by atoms with Crippen molar-refractivity contribution in [3.8, 4) is 5.75 Å². The van der Waals surface area contributed by atoms with Gasteiger partial charge in [0.15, 0.2) is 10.9 Å². The number of aromatic hydroxyl groups is 1. The van der Waals surface area contributed by atoms with Crippen LogP contribution in [0.4, 0.5) is 0 Å². The van der Waals surface area contributed by atoms with E-state index < -0.39 is 5.97 Å². The van der Waals surface area contributed by atoms with Gasteiger partial charge in [0.2, 0.25) is 0 Å². The highest BCUT2D eigenvalue weighted by Crippen LogP contribution is 2.22. The van der Waals surface area contributed by atoms with Crippen molar-refractivity contribution in [3.05, 3.63) is 41.2 Å². The van der Waals surface area contributed by atoms with Gasteiger partial charge in [-0.15, -0.1) is 0 Å². The van der Waals surface area contributed by atoms with Crippen LogP contribution in [-0.4, -0.2) is 32.0 Å². The Hall–Kier alpha value is -1.95. The van der Waals surface area contributed by atoms with Gasteiger partial charge in [0.25, 0.3) is 0 Å². The molecule has 0 aliphatic heterocycles. The molecular weight excluding hydrogens is 264 g/mol. The Balaban J connectivity index is 2.40. The Kier molecular flexibility index (Phi) is 3.80. The molecule has 1 aromatic carbocycles. The van der Waals surface area contributed by atoms with Gasteiger partial charge in [-0.25, -0.2) is 9.78 Å². The van der Waals surface area contributed by atoms with Gasteiger partial charge in [0, 0.05) is 13.5 Å². The molecule has 0 aliphatic carbocycles. The summed E-state index contributed by atoms with van der Waals surface area (Å²) in [4.78, 5) is 15.3. The zero-order valence-electron chi connectivity index (χ0n) is 10.6. The summed E-state index contributed by atoms with van der Waals surface area (Å²) < 4.78 is 1.79. The molecule has 2 N–H and O–H groups in total. The number of aromatic carboxylic acids is 1. The predicted molar refractivity (Wildman–Crippen MR) is 72.9 cm³/mol. The molecule has 0 atom stereocenters. The van der Waals surface area contributed by atoms with Gasteiger partial charge in [-0.05, 0) is 24.0 Å². The number of imidazole rings is 1. The molecule has 0 fully saturated rings. The molecule has 0 radical (unpaired) electrons. The molecule has 0 bridgehead atoms. The zero-order valence-corrected chi connectivity index (χ0v) is 11.4. The Bertz CT molecular complexity index is 605. The first-order chi connectivity index (χ1) is 9.02. The smallest absolute Gasteiger partial charge is 0.356 e. The van der Waals surface area contributed by atoms with Crippen molar-refractivity contribution in [2.75, 3.05) is 6.26 Å². The number of thioether (sulfide) groups is 1. The Labute approximate surface area is 114 Å². The van der Waals surface area contributed by atoms with Crippen LogP contribution in [0.15, 0.2) is 29.4 Å². The largest absolute Gasteiger partial charge is 0.508 e. The molecule has 0 amide bonds. The number of carboxylic acids is 1. The van der Waals surface area contributed by atoms with Crippen molar-refractivity contribution in [2.24, 2.45) is 7.05 Å². The maximum Gasteiger partial charge on any atom is 0.356 e. The van der Waals surface area contributed by atoms with Crippen LogP contribution in [0.2, 0.25) is 0 Å². The number of aromatic nitrogens is 2. The number of hydrogen-bond donors (Lipinski definition) is 2. The van der Waals surface area contributed by atoms with Crippen molar-refractivity contribution in [3.63, 3.8) is 0 Å². The van der Waals surface area contributed by atoms with E-state index in [1.165, 1.54) is 11.8 Å². The van der Waals surface area contributed by atoms with Crippen molar-refractivity contribution >= 4 is 17.7 Å². The van der Waals surface area contributed by atoms with Crippen LogP contribution >= 0.6 is 11.8 Å². The highest BCUT2D eigenvalue weighted by molar-refractivity contribution is 7.98. The minimum absolute atomic E-state index is 0.0833. The summed E-state index contributed by atoms with van der Waals surface area (Å²) in [7, 11) is 1.81. The van der Waals surface area contributed by atoms with E-state index in [2.05, 4.69) is 4.98 Å². The van der Waals surface area contributed by atoms with Crippen molar-refractivity contribution in [1.29, 1.82) is 0 Å². The van der Waals surface area contributed by atoms with Gasteiger partial charge < -0.3 is 14.8 Å². The molecule has 0 saturated carbocycles. The predicted octanol–water partition coefficient (Wildman–Crippen LogP) is 2.14. The van der Waals surface area contributed by atoms with Crippen LogP contribution in [0.3, 0.4) is 0 Å². The highest BCUT2D eigenvalue weighted by atomic mass is 32.2. The first-order valence-electron chi connectivity index (χ1n) is 5.63. The summed E-state index contributed by atoms with van der Waals surface area (Å²) in [6.07, 6.45) is 2.32. The minimum Gasteiger partial charge on any atom is -0.508 e. The molecule has 0 unspecified atom stereocenters. The summed E-state index contributed by atoms with van der Waals surface area (Å²) in [5, 5.41) is 19.1. The van der Waals surface area contributed by atoms with Crippen molar-refractivity contribution in [2.45, 2.75) is 11.6 Å². The second-order valence-electron chi connectivity index (χ2n) is 4.10. The van der Waals surface area contributed by atoms with Gasteiger partial charge in [-0.3, -0.25) is 0 Å². The normalized spacial score (nSPS) is 10.6. The molecule has 2 rings (SSSR count). The lowest BCUT2D eigenvalue weighted by atomic mass is 10.1. The molecule has 1 heterocycles. The minimum atomic E-state index is -1.02. The fourth-order valence-corrected chi connectivity index (χ4v) is 2.44. The molecule has 5 nitrogen and oxygen atoms in total. The van der Waals surface area contributed by atoms with E-state index in [0.717, 1.165) is 5.56 Å². The summed E-state index contributed by atoms with van der Waals surface area (Å²) in [5.41, 5.74) is 1.67. The monoisotopic (exact) mass is 278 g/mol. The van der Waals surface area contributed by atoms with E-state index in [1.54, 1.807) is 35.9 Å². The molecule has 1 aromatic heterocycles.